The van der Waals surface area contributed by atoms with Crippen molar-refractivity contribution in [3.8, 4) is 0 Å². The molecule has 0 spiro atoms. The topological polar surface area (TPSA) is 42.7 Å². The number of imidazole rings is 1. The zero-order valence-electron chi connectivity index (χ0n) is 12.8. The lowest BCUT2D eigenvalue weighted by Crippen LogP contribution is -1.99. The SMILES string of the molecule is CCCCCCn1cnc2c(NC)nc3ccccc3c21. The third-order valence-corrected chi connectivity index (χ3v) is 3.94. The first-order chi connectivity index (χ1) is 10.3. The average molecular weight is 282 g/mol. The molecule has 0 aliphatic rings. The van der Waals surface area contributed by atoms with Crippen LogP contribution in [0, 0.1) is 0 Å². The molecule has 110 valence electrons. The summed E-state index contributed by atoms with van der Waals surface area (Å²) in [6.07, 6.45) is 6.99. The molecule has 0 saturated heterocycles. The van der Waals surface area contributed by atoms with Gasteiger partial charge in [-0.05, 0) is 12.5 Å². The Balaban J connectivity index is 2.07. The monoisotopic (exact) mass is 282 g/mol. The van der Waals surface area contributed by atoms with Crippen molar-refractivity contribution in [2.45, 2.75) is 39.2 Å². The molecule has 0 bridgehead atoms. The Bertz CT molecular complexity index is 745. The summed E-state index contributed by atoms with van der Waals surface area (Å²) in [5, 5.41) is 4.34. The number of para-hydroxylation sites is 1. The van der Waals surface area contributed by atoms with Gasteiger partial charge < -0.3 is 9.88 Å². The van der Waals surface area contributed by atoms with Gasteiger partial charge in [0.05, 0.1) is 17.4 Å². The second-order valence-electron chi connectivity index (χ2n) is 5.42. The molecule has 0 aliphatic heterocycles. The Hall–Kier alpha value is -2.10. The number of aryl methyl sites for hydroxylation is 1. The number of fused-ring (bicyclic) bond motifs is 3. The fourth-order valence-electron chi connectivity index (χ4n) is 2.84. The molecule has 0 aliphatic carbocycles. The Morgan fingerprint density at radius 1 is 1.14 bits per heavy atom. The van der Waals surface area contributed by atoms with Crippen molar-refractivity contribution in [3.05, 3.63) is 30.6 Å². The van der Waals surface area contributed by atoms with Gasteiger partial charge in [-0.25, -0.2) is 9.97 Å². The van der Waals surface area contributed by atoms with Gasteiger partial charge in [-0.15, -0.1) is 0 Å². The molecule has 3 rings (SSSR count). The van der Waals surface area contributed by atoms with E-state index in [-0.39, 0.29) is 0 Å². The van der Waals surface area contributed by atoms with Gasteiger partial charge in [0.25, 0.3) is 0 Å². The van der Waals surface area contributed by atoms with E-state index < -0.39 is 0 Å². The number of aromatic nitrogens is 3. The maximum absolute atomic E-state index is 4.66. The highest BCUT2D eigenvalue weighted by molar-refractivity contribution is 6.06. The lowest BCUT2D eigenvalue weighted by Gasteiger charge is -2.08. The van der Waals surface area contributed by atoms with Gasteiger partial charge in [-0.3, -0.25) is 0 Å². The number of pyridine rings is 1. The second-order valence-corrected chi connectivity index (χ2v) is 5.42. The molecule has 2 heterocycles. The van der Waals surface area contributed by atoms with E-state index in [2.05, 4.69) is 45.0 Å². The van der Waals surface area contributed by atoms with Crippen molar-refractivity contribution in [1.29, 1.82) is 0 Å². The molecular weight excluding hydrogens is 260 g/mol. The molecule has 3 aromatic rings. The largest absolute Gasteiger partial charge is 0.371 e. The molecule has 0 amide bonds. The fraction of sp³-hybridized carbons (Fsp3) is 0.412. The van der Waals surface area contributed by atoms with Gasteiger partial charge in [-0.1, -0.05) is 44.4 Å². The Morgan fingerprint density at radius 2 is 2.00 bits per heavy atom. The molecule has 4 heteroatoms. The standard InChI is InChI=1S/C17H22N4/c1-3-4-5-8-11-21-12-19-15-16(21)13-9-6-7-10-14(13)20-17(15)18-2/h6-7,9-10,12H,3-5,8,11H2,1-2H3,(H,18,20). The van der Waals surface area contributed by atoms with Crippen LogP contribution < -0.4 is 5.32 Å². The van der Waals surface area contributed by atoms with Crippen LogP contribution >= 0.6 is 0 Å². The zero-order chi connectivity index (χ0) is 14.7. The number of rotatable bonds is 6. The van der Waals surface area contributed by atoms with E-state index in [1.54, 1.807) is 0 Å². The third kappa shape index (κ3) is 2.58. The first-order valence-electron chi connectivity index (χ1n) is 7.76. The third-order valence-electron chi connectivity index (χ3n) is 3.94. The van der Waals surface area contributed by atoms with Gasteiger partial charge in [0.15, 0.2) is 5.82 Å². The second kappa shape index (κ2) is 6.12. The highest BCUT2D eigenvalue weighted by Crippen LogP contribution is 2.28. The number of anilines is 1. The number of nitrogens with one attached hydrogen (secondary N) is 1. The Morgan fingerprint density at radius 3 is 2.81 bits per heavy atom. The lowest BCUT2D eigenvalue weighted by atomic mass is 10.1. The van der Waals surface area contributed by atoms with Crippen LogP contribution in [0.25, 0.3) is 21.9 Å². The predicted octanol–water partition coefficient (Wildman–Crippen LogP) is 4.21. The highest BCUT2D eigenvalue weighted by atomic mass is 15.1. The normalized spacial score (nSPS) is 11.3. The van der Waals surface area contributed by atoms with E-state index in [0.29, 0.717) is 0 Å². The molecule has 1 aromatic carbocycles. The van der Waals surface area contributed by atoms with Crippen LogP contribution in [0.2, 0.25) is 0 Å². The minimum atomic E-state index is 0.857. The minimum absolute atomic E-state index is 0.857. The van der Waals surface area contributed by atoms with Crippen LogP contribution in [-0.4, -0.2) is 21.6 Å². The van der Waals surface area contributed by atoms with Gasteiger partial charge in [0, 0.05) is 19.0 Å². The van der Waals surface area contributed by atoms with Gasteiger partial charge in [0.2, 0.25) is 0 Å². The van der Waals surface area contributed by atoms with E-state index in [1.807, 2.05) is 19.4 Å². The first kappa shape index (κ1) is 13.9. The van der Waals surface area contributed by atoms with Crippen molar-refractivity contribution < 1.29 is 0 Å². The minimum Gasteiger partial charge on any atom is -0.371 e. The smallest absolute Gasteiger partial charge is 0.154 e. The number of unbranched alkanes of at least 4 members (excludes halogenated alkanes) is 3. The van der Waals surface area contributed by atoms with Crippen LogP contribution in [0.3, 0.4) is 0 Å². The van der Waals surface area contributed by atoms with Crippen LogP contribution in [0.15, 0.2) is 30.6 Å². The molecule has 1 N–H and O–H groups in total. The highest BCUT2D eigenvalue weighted by Gasteiger charge is 2.12. The summed E-state index contributed by atoms with van der Waals surface area (Å²) in [7, 11) is 1.90. The summed E-state index contributed by atoms with van der Waals surface area (Å²) in [5.41, 5.74) is 3.18. The van der Waals surface area contributed by atoms with E-state index in [9.17, 15) is 0 Å². The molecular formula is C17H22N4. The van der Waals surface area contributed by atoms with Crippen LogP contribution in [0.4, 0.5) is 5.82 Å². The number of benzene rings is 1. The van der Waals surface area contributed by atoms with Crippen molar-refractivity contribution in [2.75, 3.05) is 12.4 Å². The number of hydrogen-bond acceptors (Lipinski definition) is 3. The molecule has 4 nitrogen and oxygen atoms in total. The van der Waals surface area contributed by atoms with Crippen molar-refractivity contribution in [3.63, 3.8) is 0 Å². The number of hydrogen-bond donors (Lipinski definition) is 1. The molecule has 0 fully saturated rings. The molecule has 2 aromatic heterocycles. The predicted molar refractivity (Wildman–Crippen MR) is 88.7 cm³/mol. The van der Waals surface area contributed by atoms with Crippen molar-refractivity contribution in [2.24, 2.45) is 0 Å². The van der Waals surface area contributed by atoms with E-state index in [4.69, 9.17) is 0 Å². The van der Waals surface area contributed by atoms with Crippen LogP contribution in [-0.2, 0) is 6.54 Å². The molecule has 0 unspecified atom stereocenters. The molecule has 0 saturated carbocycles. The molecule has 21 heavy (non-hydrogen) atoms. The summed E-state index contributed by atoms with van der Waals surface area (Å²) in [4.78, 5) is 9.23. The maximum atomic E-state index is 4.66. The molecule has 0 atom stereocenters. The average Bonchev–Trinajstić information content (AvgIpc) is 2.95. The Kier molecular flexibility index (Phi) is 4.04. The summed E-state index contributed by atoms with van der Waals surface area (Å²) < 4.78 is 2.27. The quantitative estimate of drug-likeness (QED) is 0.689. The Labute approximate surface area is 125 Å². The van der Waals surface area contributed by atoms with Gasteiger partial charge in [0.1, 0.15) is 5.52 Å². The maximum Gasteiger partial charge on any atom is 0.154 e. The first-order valence-corrected chi connectivity index (χ1v) is 7.76. The van der Waals surface area contributed by atoms with Crippen molar-refractivity contribution in [1.82, 2.24) is 14.5 Å². The zero-order valence-corrected chi connectivity index (χ0v) is 12.8. The van der Waals surface area contributed by atoms with Crippen LogP contribution in [0.1, 0.15) is 32.6 Å². The van der Waals surface area contributed by atoms with E-state index in [1.165, 1.54) is 36.6 Å². The molecule has 0 radical (unpaired) electrons. The van der Waals surface area contributed by atoms with Crippen LogP contribution in [0.5, 0.6) is 0 Å². The van der Waals surface area contributed by atoms with E-state index >= 15 is 0 Å². The summed E-state index contributed by atoms with van der Waals surface area (Å²) in [5.74, 6) is 0.857. The lowest BCUT2D eigenvalue weighted by molar-refractivity contribution is 0.592. The van der Waals surface area contributed by atoms with Gasteiger partial charge in [-0.2, -0.15) is 0 Å². The summed E-state index contributed by atoms with van der Waals surface area (Å²) >= 11 is 0. The summed E-state index contributed by atoms with van der Waals surface area (Å²) in [6.45, 7) is 3.26. The van der Waals surface area contributed by atoms with E-state index in [0.717, 1.165) is 23.4 Å². The van der Waals surface area contributed by atoms with Gasteiger partial charge >= 0.3 is 0 Å². The number of nitrogens with zero attached hydrogens (tertiary/aromatic N) is 3. The summed E-state index contributed by atoms with van der Waals surface area (Å²) in [6, 6.07) is 8.29. The fourth-order valence-corrected chi connectivity index (χ4v) is 2.84. The van der Waals surface area contributed by atoms with Crippen molar-refractivity contribution >= 4 is 27.8 Å².